The SMILES string of the molecule is CN(C(=O)c1ccc(CN)cc1)C1CCCCCCC1.Cl. The van der Waals surface area contributed by atoms with E-state index < -0.39 is 0 Å². The Morgan fingerprint density at radius 1 is 1.10 bits per heavy atom. The highest BCUT2D eigenvalue weighted by atomic mass is 35.5. The molecule has 0 aromatic heterocycles. The summed E-state index contributed by atoms with van der Waals surface area (Å²) < 4.78 is 0. The lowest BCUT2D eigenvalue weighted by Crippen LogP contribution is -2.37. The number of carbonyl (C=O) groups is 1. The van der Waals surface area contributed by atoms with E-state index in [9.17, 15) is 4.79 Å². The van der Waals surface area contributed by atoms with Gasteiger partial charge in [-0.2, -0.15) is 0 Å². The fourth-order valence-corrected chi connectivity index (χ4v) is 2.97. The van der Waals surface area contributed by atoms with Gasteiger partial charge in [-0.05, 0) is 30.5 Å². The second-order valence-electron chi connectivity index (χ2n) is 5.82. The molecule has 0 saturated heterocycles. The average molecular weight is 311 g/mol. The molecule has 1 aliphatic carbocycles. The average Bonchev–Trinajstić information content (AvgIpc) is 2.46. The van der Waals surface area contributed by atoms with Gasteiger partial charge in [0.2, 0.25) is 0 Å². The predicted octanol–water partition coefficient (Wildman–Crippen LogP) is 3.75. The molecule has 2 N–H and O–H groups in total. The van der Waals surface area contributed by atoms with Crippen LogP contribution in [0.4, 0.5) is 0 Å². The smallest absolute Gasteiger partial charge is 0.253 e. The molecule has 4 heteroatoms. The molecule has 0 radical (unpaired) electrons. The Hall–Kier alpha value is -1.06. The van der Waals surface area contributed by atoms with Gasteiger partial charge in [0.1, 0.15) is 0 Å². The second-order valence-corrected chi connectivity index (χ2v) is 5.82. The Balaban J connectivity index is 0.00000220. The van der Waals surface area contributed by atoms with Gasteiger partial charge in [0.25, 0.3) is 5.91 Å². The molecule has 1 fully saturated rings. The molecule has 1 aromatic rings. The minimum absolute atomic E-state index is 0. The zero-order chi connectivity index (χ0) is 14.4. The molecule has 0 aliphatic heterocycles. The molecule has 0 unspecified atom stereocenters. The van der Waals surface area contributed by atoms with Crippen molar-refractivity contribution in [2.24, 2.45) is 5.73 Å². The number of halogens is 1. The quantitative estimate of drug-likeness (QED) is 0.924. The van der Waals surface area contributed by atoms with E-state index >= 15 is 0 Å². The molecule has 1 saturated carbocycles. The van der Waals surface area contributed by atoms with E-state index in [4.69, 9.17) is 5.73 Å². The Kier molecular flexibility index (Phi) is 7.76. The summed E-state index contributed by atoms with van der Waals surface area (Å²) in [4.78, 5) is 14.5. The van der Waals surface area contributed by atoms with Crippen LogP contribution in [-0.2, 0) is 6.54 Å². The maximum absolute atomic E-state index is 12.5. The minimum Gasteiger partial charge on any atom is -0.339 e. The van der Waals surface area contributed by atoms with Gasteiger partial charge in [0.15, 0.2) is 0 Å². The zero-order valence-electron chi connectivity index (χ0n) is 12.9. The minimum atomic E-state index is 0. The summed E-state index contributed by atoms with van der Waals surface area (Å²) in [6.45, 7) is 0.521. The van der Waals surface area contributed by atoms with Gasteiger partial charge >= 0.3 is 0 Å². The molecule has 0 spiro atoms. The number of hydrogen-bond acceptors (Lipinski definition) is 2. The fourth-order valence-electron chi connectivity index (χ4n) is 2.97. The van der Waals surface area contributed by atoms with Crippen molar-refractivity contribution in [3.63, 3.8) is 0 Å². The van der Waals surface area contributed by atoms with Crippen LogP contribution in [0.3, 0.4) is 0 Å². The highest BCUT2D eigenvalue weighted by Crippen LogP contribution is 2.22. The van der Waals surface area contributed by atoms with Gasteiger partial charge in [-0.25, -0.2) is 0 Å². The summed E-state index contributed by atoms with van der Waals surface area (Å²) in [5.74, 6) is 0.138. The Morgan fingerprint density at radius 2 is 1.62 bits per heavy atom. The molecular weight excluding hydrogens is 284 g/mol. The van der Waals surface area contributed by atoms with Gasteiger partial charge in [-0.1, -0.05) is 44.2 Å². The molecule has 1 aromatic carbocycles. The Bertz CT molecular complexity index is 425. The first-order chi connectivity index (χ1) is 9.72. The molecule has 2 rings (SSSR count). The van der Waals surface area contributed by atoms with Crippen LogP contribution in [0.15, 0.2) is 24.3 Å². The van der Waals surface area contributed by atoms with E-state index in [-0.39, 0.29) is 18.3 Å². The predicted molar refractivity (Wildman–Crippen MR) is 89.8 cm³/mol. The van der Waals surface area contributed by atoms with Crippen molar-refractivity contribution in [1.29, 1.82) is 0 Å². The molecule has 0 atom stereocenters. The lowest BCUT2D eigenvalue weighted by Gasteiger charge is -2.30. The van der Waals surface area contributed by atoms with Crippen LogP contribution in [-0.4, -0.2) is 23.9 Å². The fraction of sp³-hybridized carbons (Fsp3) is 0.588. The monoisotopic (exact) mass is 310 g/mol. The summed E-state index contributed by atoms with van der Waals surface area (Å²) in [5.41, 5.74) is 7.42. The van der Waals surface area contributed by atoms with Crippen LogP contribution in [0.25, 0.3) is 0 Å². The number of hydrogen-bond donors (Lipinski definition) is 1. The maximum atomic E-state index is 12.5. The largest absolute Gasteiger partial charge is 0.339 e. The summed E-state index contributed by atoms with van der Waals surface area (Å²) in [7, 11) is 1.95. The topological polar surface area (TPSA) is 46.3 Å². The van der Waals surface area contributed by atoms with Gasteiger partial charge in [-0.3, -0.25) is 4.79 Å². The standard InChI is InChI=1S/C17H26N2O.ClH/c1-19(16-7-5-3-2-4-6-8-16)17(20)15-11-9-14(13-18)10-12-15;/h9-12,16H,2-8,13,18H2,1H3;1H. The van der Waals surface area contributed by atoms with E-state index in [2.05, 4.69) is 0 Å². The third-order valence-corrected chi connectivity index (χ3v) is 4.38. The van der Waals surface area contributed by atoms with Crippen LogP contribution in [0.1, 0.15) is 60.9 Å². The number of nitrogens with two attached hydrogens (primary N) is 1. The van der Waals surface area contributed by atoms with Gasteiger partial charge < -0.3 is 10.6 Å². The Labute approximate surface area is 134 Å². The van der Waals surface area contributed by atoms with E-state index in [1.54, 1.807) is 0 Å². The van der Waals surface area contributed by atoms with Crippen molar-refractivity contribution in [1.82, 2.24) is 4.90 Å². The lowest BCUT2D eigenvalue weighted by molar-refractivity contribution is 0.0707. The summed E-state index contributed by atoms with van der Waals surface area (Å²) in [6.07, 6.45) is 8.74. The number of rotatable bonds is 3. The van der Waals surface area contributed by atoms with Crippen LogP contribution in [0.2, 0.25) is 0 Å². The van der Waals surface area contributed by atoms with E-state index in [1.165, 1.54) is 32.1 Å². The molecule has 1 amide bonds. The molecule has 0 heterocycles. The van der Waals surface area contributed by atoms with Crippen molar-refractivity contribution in [2.75, 3.05) is 7.05 Å². The third kappa shape index (κ3) is 5.01. The number of nitrogens with zero attached hydrogens (tertiary/aromatic N) is 1. The third-order valence-electron chi connectivity index (χ3n) is 4.38. The number of carbonyl (C=O) groups excluding carboxylic acids is 1. The first-order valence-electron chi connectivity index (χ1n) is 7.78. The highest BCUT2D eigenvalue weighted by Gasteiger charge is 2.21. The molecular formula is C17H27ClN2O. The normalized spacial score (nSPS) is 16.5. The summed E-state index contributed by atoms with van der Waals surface area (Å²) >= 11 is 0. The van der Waals surface area contributed by atoms with Gasteiger partial charge in [0, 0.05) is 25.2 Å². The van der Waals surface area contributed by atoms with Crippen molar-refractivity contribution in [3.8, 4) is 0 Å². The highest BCUT2D eigenvalue weighted by molar-refractivity contribution is 5.94. The molecule has 0 bridgehead atoms. The molecule has 3 nitrogen and oxygen atoms in total. The van der Waals surface area contributed by atoms with Crippen molar-refractivity contribution < 1.29 is 4.79 Å². The summed E-state index contributed by atoms with van der Waals surface area (Å²) in [5, 5.41) is 0. The van der Waals surface area contributed by atoms with E-state index in [1.807, 2.05) is 36.2 Å². The maximum Gasteiger partial charge on any atom is 0.253 e. The molecule has 118 valence electrons. The van der Waals surface area contributed by atoms with E-state index in [0.717, 1.165) is 24.0 Å². The molecule has 21 heavy (non-hydrogen) atoms. The number of amides is 1. The molecule has 1 aliphatic rings. The number of benzene rings is 1. The first kappa shape index (κ1) is 18.0. The first-order valence-corrected chi connectivity index (χ1v) is 7.78. The van der Waals surface area contributed by atoms with Crippen LogP contribution in [0.5, 0.6) is 0 Å². The summed E-state index contributed by atoms with van der Waals surface area (Å²) in [6, 6.07) is 8.07. The van der Waals surface area contributed by atoms with Crippen molar-refractivity contribution in [2.45, 2.75) is 57.5 Å². The Morgan fingerprint density at radius 3 is 2.14 bits per heavy atom. The van der Waals surface area contributed by atoms with Gasteiger partial charge in [0.05, 0.1) is 0 Å². The second kappa shape index (κ2) is 9.06. The van der Waals surface area contributed by atoms with Gasteiger partial charge in [-0.15, -0.1) is 12.4 Å². The van der Waals surface area contributed by atoms with Crippen LogP contribution in [0, 0.1) is 0 Å². The lowest BCUT2D eigenvalue weighted by atomic mass is 9.95. The van der Waals surface area contributed by atoms with E-state index in [0.29, 0.717) is 12.6 Å². The van der Waals surface area contributed by atoms with Crippen LogP contribution >= 0.6 is 12.4 Å². The van der Waals surface area contributed by atoms with Crippen LogP contribution < -0.4 is 5.73 Å². The zero-order valence-corrected chi connectivity index (χ0v) is 13.7. The van der Waals surface area contributed by atoms with Crippen molar-refractivity contribution >= 4 is 18.3 Å². The van der Waals surface area contributed by atoms with Crippen molar-refractivity contribution in [3.05, 3.63) is 35.4 Å².